The lowest BCUT2D eigenvalue weighted by Crippen LogP contribution is -2.48. The normalized spacial score (nSPS) is 11.8. The van der Waals surface area contributed by atoms with Gasteiger partial charge >= 0.3 is 0 Å². The standard InChI is InChI=1S/C28H27N7O2S/c36-27(21-7-8-23-24(17-21)33-26(32-23)20-9-12-29-13-10-20)34-25(18-38-22-5-2-1-3-6-22)28(37)31-11-4-15-35-16-14-30-19-35/h1-3,5-10,12-14,16-17,19,25H,4,11,15,18H2,(H,31,37)(H,32,33)(H,34,36). The Morgan fingerprint density at radius 2 is 1.84 bits per heavy atom. The van der Waals surface area contributed by atoms with E-state index in [-0.39, 0.29) is 11.8 Å². The quantitative estimate of drug-likeness (QED) is 0.178. The van der Waals surface area contributed by atoms with Crippen LogP contribution in [-0.2, 0) is 11.3 Å². The fourth-order valence-electron chi connectivity index (χ4n) is 3.93. The van der Waals surface area contributed by atoms with Crippen LogP contribution in [0, 0.1) is 0 Å². The number of benzene rings is 2. The number of pyridine rings is 1. The number of nitrogens with zero attached hydrogens (tertiary/aromatic N) is 4. The highest BCUT2D eigenvalue weighted by Crippen LogP contribution is 2.21. The summed E-state index contributed by atoms with van der Waals surface area (Å²) in [5, 5.41) is 5.90. The second-order valence-corrected chi connectivity index (χ2v) is 9.74. The first kappa shape index (κ1) is 25.2. The molecular weight excluding hydrogens is 498 g/mol. The molecule has 0 saturated heterocycles. The Morgan fingerprint density at radius 1 is 1.00 bits per heavy atom. The third kappa shape index (κ3) is 6.46. The van der Waals surface area contributed by atoms with Gasteiger partial charge in [0, 0.05) is 59.7 Å². The van der Waals surface area contributed by atoms with Crippen molar-refractivity contribution in [3.05, 3.63) is 97.3 Å². The summed E-state index contributed by atoms with van der Waals surface area (Å²) < 4.78 is 1.96. The second kappa shape index (κ2) is 12.2. The number of aromatic amines is 1. The zero-order valence-electron chi connectivity index (χ0n) is 20.6. The lowest BCUT2D eigenvalue weighted by Gasteiger charge is -2.18. The molecule has 5 rings (SSSR count). The number of fused-ring (bicyclic) bond motifs is 1. The maximum absolute atomic E-state index is 13.2. The summed E-state index contributed by atoms with van der Waals surface area (Å²) in [6, 6.07) is 18.1. The first-order valence-electron chi connectivity index (χ1n) is 12.3. The maximum Gasteiger partial charge on any atom is 0.252 e. The number of hydrogen-bond acceptors (Lipinski definition) is 6. The van der Waals surface area contributed by atoms with E-state index in [4.69, 9.17) is 0 Å². The SMILES string of the molecule is O=C(NC(CSc1ccccc1)C(=O)NCCCn1ccnc1)c1ccc2nc(-c3ccncc3)[nH]c2c1. The molecule has 0 radical (unpaired) electrons. The smallest absolute Gasteiger partial charge is 0.252 e. The number of aryl methyl sites for hydroxylation is 1. The topological polar surface area (TPSA) is 118 Å². The predicted molar refractivity (Wildman–Crippen MR) is 148 cm³/mol. The monoisotopic (exact) mass is 525 g/mol. The Kier molecular flexibility index (Phi) is 8.10. The molecule has 0 aliphatic carbocycles. The zero-order chi connectivity index (χ0) is 26.2. The summed E-state index contributed by atoms with van der Waals surface area (Å²) >= 11 is 1.53. The number of nitrogens with one attached hydrogen (secondary N) is 3. The largest absolute Gasteiger partial charge is 0.354 e. The van der Waals surface area contributed by atoms with E-state index >= 15 is 0 Å². The molecule has 0 bridgehead atoms. The van der Waals surface area contributed by atoms with E-state index < -0.39 is 6.04 Å². The molecule has 3 N–H and O–H groups in total. The average molecular weight is 526 g/mol. The van der Waals surface area contributed by atoms with E-state index in [9.17, 15) is 9.59 Å². The molecule has 0 fully saturated rings. The van der Waals surface area contributed by atoms with Gasteiger partial charge in [-0.3, -0.25) is 14.6 Å². The molecule has 0 saturated carbocycles. The molecule has 3 heterocycles. The highest BCUT2D eigenvalue weighted by Gasteiger charge is 2.22. The number of imidazole rings is 2. The van der Waals surface area contributed by atoms with Gasteiger partial charge in [-0.15, -0.1) is 11.8 Å². The number of aromatic nitrogens is 5. The van der Waals surface area contributed by atoms with Gasteiger partial charge in [0.15, 0.2) is 0 Å². The van der Waals surface area contributed by atoms with Crippen LogP contribution >= 0.6 is 11.8 Å². The molecule has 9 nitrogen and oxygen atoms in total. The summed E-state index contributed by atoms with van der Waals surface area (Å²) in [6.07, 6.45) is 9.53. The molecule has 0 aliphatic rings. The zero-order valence-corrected chi connectivity index (χ0v) is 21.4. The molecule has 0 aliphatic heterocycles. The van der Waals surface area contributed by atoms with Crippen LogP contribution in [0.15, 0.2) is 96.7 Å². The number of hydrogen-bond donors (Lipinski definition) is 3. The van der Waals surface area contributed by atoms with Crippen LogP contribution in [0.25, 0.3) is 22.4 Å². The number of H-pyrrole nitrogens is 1. The van der Waals surface area contributed by atoms with Crippen LogP contribution in [0.5, 0.6) is 0 Å². The van der Waals surface area contributed by atoms with Crippen molar-refractivity contribution in [3.63, 3.8) is 0 Å². The van der Waals surface area contributed by atoms with Crippen molar-refractivity contribution >= 4 is 34.6 Å². The van der Waals surface area contributed by atoms with Gasteiger partial charge < -0.3 is 20.2 Å². The Balaban J connectivity index is 1.26. The summed E-state index contributed by atoms with van der Waals surface area (Å²) in [7, 11) is 0. The summed E-state index contributed by atoms with van der Waals surface area (Å²) in [5.74, 6) is 0.572. The molecule has 1 unspecified atom stereocenters. The van der Waals surface area contributed by atoms with E-state index in [0.717, 1.165) is 34.5 Å². The van der Waals surface area contributed by atoms with Crippen LogP contribution in [0.4, 0.5) is 0 Å². The summed E-state index contributed by atoms with van der Waals surface area (Å²) in [6.45, 7) is 1.25. The summed E-state index contributed by atoms with van der Waals surface area (Å²) in [5.41, 5.74) is 2.85. The predicted octanol–water partition coefficient (Wildman–Crippen LogP) is 3.92. The van der Waals surface area contributed by atoms with Crippen LogP contribution in [0.2, 0.25) is 0 Å². The van der Waals surface area contributed by atoms with Gasteiger partial charge in [-0.2, -0.15) is 0 Å². The van der Waals surface area contributed by atoms with E-state index in [1.807, 2.05) is 53.2 Å². The molecule has 0 spiro atoms. The molecule has 2 aromatic carbocycles. The molecule has 38 heavy (non-hydrogen) atoms. The summed E-state index contributed by atoms with van der Waals surface area (Å²) in [4.78, 5) is 43.3. The number of amides is 2. The second-order valence-electron chi connectivity index (χ2n) is 8.65. The molecule has 2 amide bonds. The average Bonchev–Trinajstić information content (AvgIpc) is 3.64. The van der Waals surface area contributed by atoms with Gasteiger partial charge in [0.05, 0.1) is 17.4 Å². The maximum atomic E-state index is 13.2. The van der Waals surface area contributed by atoms with Crippen molar-refractivity contribution in [2.45, 2.75) is 23.9 Å². The third-order valence-electron chi connectivity index (χ3n) is 5.93. The number of rotatable bonds is 11. The van der Waals surface area contributed by atoms with Crippen molar-refractivity contribution in [2.24, 2.45) is 0 Å². The highest BCUT2D eigenvalue weighted by molar-refractivity contribution is 7.99. The van der Waals surface area contributed by atoms with Gasteiger partial charge in [0.25, 0.3) is 5.91 Å². The lowest BCUT2D eigenvalue weighted by molar-refractivity contribution is -0.122. The van der Waals surface area contributed by atoms with Crippen LogP contribution in [0.1, 0.15) is 16.8 Å². The van der Waals surface area contributed by atoms with Crippen LogP contribution in [-0.4, -0.2) is 54.7 Å². The Morgan fingerprint density at radius 3 is 2.63 bits per heavy atom. The number of thioether (sulfide) groups is 1. The molecule has 192 valence electrons. The minimum atomic E-state index is -0.703. The van der Waals surface area contributed by atoms with Gasteiger partial charge in [-0.25, -0.2) is 9.97 Å². The Labute approximate surface area is 224 Å². The third-order valence-corrected chi connectivity index (χ3v) is 7.04. The van der Waals surface area contributed by atoms with Gasteiger partial charge in [-0.05, 0) is 48.9 Å². The van der Waals surface area contributed by atoms with Crippen molar-refractivity contribution in [1.82, 2.24) is 35.1 Å². The number of carbonyl (C=O) groups is 2. The minimum absolute atomic E-state index is 0.213. The molecule has 5 aromatic rings. The minimum Gasteiger partial charge on any atom is -0.354 e. The van der Waals surface area contributed by atoms with Crippen molar-refractivity contribution in [2.75, 3.05) is 12.3 Å². The van der Waals surface area contributed by atoms with Crippen molar-refractivity contribution in [1.29, 1.82) is 0 Å². The van der Waals surface area contributed by atoms with Gasteiger partial charge in [0.1, 0.15) is 11.9 Å². The Bertz CT molecular complexity index is 1490. The highest BCUT2D eigenvalue weighted by atomic mass is 32.2. The van der Waals surface area contributed by atoms with Crippen LogP contribution < -0.4 is 10.6 Å². The Hall–Kier alpha value is -4.44. The fourth-order valence-corrected chi connectivity index (χ4v) is 4.88. The molecular formula is C28H27N7O2S. The fraction of sp³-hybridized carbons (Fsp3) is 0.179. The van der Waals surface area contributed by atoms with E-state index in [0.29, 0.717) is 23.7 Å². The van der Waals surface area contributed by atoms with E-state index in [1.165, 1.54) is 11.8 Å². The number of carbonyl (C=O) groups excluding carboxylic acids is 2. The van der Waals surface area contributed by atoms with Crippen LogP contribution in [0.3, 0.4) is 0 Å². The van der Waals surface area contributed by atoms with Gasteiger partial charge in [0.2, 0.25) is 5.91 Å². The van der Waals surface area contributed by atoms with E-state index in [1.54, 1.807) is 43.1 Å². The molecule has 10 heteroatoms. The van der Waals surface area contributed by atoms with E-state index in [2.05, 4.69) is 30.6 Å². The lowest BCUT2D eigenvalue weighted by atomic mass is 10.1. The first-order chi connectivity index (χ1) is 18.7. The van der Waals surface area contributed by atoms with Crippen molar-refractivity contribution < 1.29 is 9.59 Å². The van der Waals surface area contributed by atoms with Gasteiger partial charge in [-0.1, -0.05) is 18.2 Å². The molecule has 1 atom stereocenters. The molecule has 3 aromatic heterocycles. The first-order valence-corrected chi connectivity index (χ1v) is 13.3. The van der Waals surface area contributed by atoms with Crippen molar-refractivity contribution in [3.8, 4) is 11.4 Å².